The molecule has 0 fully saturated rings. The minimum absolute atomic E-state index is 0.117. The monoisotopic (exact) mass is 289 g/mol. The molecule has 0 aliphatic rings. The Labute approximate surface area is 123 Å². The van der Waals surface area contributed by atoms with E-state index >= 15 is 0 Å². The first kappa shape index (κ1) is 14.6. The average molecular weight is 290 g/mol. The van der Waals surface area contributed by atoms with Crippen molar-refractivity contribution in [3.8, 4) is 0 Å². The van der Waals surface area contributed by atoms with Crippen LogP contribution in [0.25, 0.3) is 0 Å². The van der Waals surface area contributed by atoms with Gasteiger partial charge in [-0.25, -0.2) is 0 Å². The van der Waals surface area contributed by atoms with Gasteiger partial charge in [0, 0.05) is 24.2 Å². The number of carbonyl (C=O) groups excluding carboxylic acids is 1. The highest BCUT2D eigenvalue weighted by molar-refractivity contribution is 6.31. The van der Waals surface area contributed by atoms with Gasteiger partial charge in [-0.05, 0) is 29.3 Å². The van der Waals surface area contributed by atoms with Crippen molar-refractivity contribution < 1.29 is 9.53 Å². The summed E-state index contributed by atoms with van der Waals surface area (Å²) in [6.45, 7) is 0.958. The molecule has 2 rings (SSSR count). The molecule has 0 atom stereocenters. The second kappa shape index (κ2) is 7.08. The van der Waals surface area contributed by atoms with Gasteiger partial charge in [0.15, 0.2) is 0 Å². The topological polar surface area (TPSA) is 38.3 Å². The maximum atomic E-state index is 12.0. The van der Waals surface area contributed by atoms with E-state index in [0.717, 1.165) is 11.1 Å². The molecule has 0 heterocycles. The molecule has 0 aliphatic heterocycles. The molecule has 2 aromatic rings. The summed E-state index contributed by atoms with van der Waals surface area (Å²) in [6.07, 6.45) is 0. The van der Waals surface area contributed by atoms with E-state index < -0.39 is 0 Å². The Kier molecular flexibility index (Phi) is 5.16. The van der Waals surface area contributed by atoms with Gasteiger partial charge in [-0.2, -0.15) is 0 Å². The van der Waals surface area contributed by atoms with Gasteiger partial charge in [-0.15, -0.1) is 0 Å². The van der Waals surface area contributed by atoms with Crippen molar-refractivity contribution in [3.05, 3.63) is 70.2 Å². The van der Waals surface area contributed by atoms with Crippen molar-refractivity contribution in [1.82, 2.24) is 5.32 Å². The smallest absolute Gasteiger partial charge is 0.251 e. The summed E-state index contributed by atoms with van der Waals surface area (Å²) >= 11 is 6.04. The van der Waals surface area contributed by atoms with Crippen molar-refractivity contribution in [2.45, 2.75) is 13.2 Å². The van der Waals surface area contributed by atoms with Crippen molar-refractivity contribution >= 4 is 17.5 Å². The Balaban J connectivity index is 1.96. The Bertz CT molecular complexity index is 581. The Hall–Kier alpha value is -1.84. The zero-order valence-corrected chi connectivity index (χ0v) is 12.0. The molecule has 0 aromatic heterocycles. The second-order valence-electron chi connectivity index (χ2n) is 4.40. The number of carbonyl (C=O) groups is 1. The van der Waals surface area contributed by atoms with Crippen molar-refractivity contribution in [2.24, 2.45) is 0 Å². The molecular formula is C16H16ClNO2. The Morgan fingerprint density at radius 1 is 1.15 bits per heavy atom. The summed E-state index contributed by atoms with van der Waals surface area (Å²) in [5.41, 5.74) is 2.56. The number of benzene rings is 2. The first-order valence-electron chi connectivity index (χ1n) is 6.30. The molecule has 0 bridgehead atoms. The largest absolute Gasteiger partial charge is 0.380 e. The normalized spacial score (nSPS) is 10.3. The van der Waals surface area contributed by atoms with Crippen molar-refractivity contribution in [3.63, 3.8) is 0 Å². The zero-order chi connectivity index (χ0) is 14.4. The van der Waals surface area contributed by atoms with Gasteiger partial charge < -0.3 is 10.1 Å². The number of nitrogens with one attached hydrogen (secondary N) is 1. The molecule has 0 saturated heterocycles. The fourth-order valence-corrected chi connectivity index (χ4v) is 2.04. The van der Waals surface area contributed by atoms with Crippen LogP contribution in [0, 0.1) is 0 Å². The highest BCUT2D eigenvalue weighted by Crippen LogP contribution is 2.14. The molecule has 1 N–H and O–H groups in total. The number of hydrogen-bond acceptors (Lipinski definition) is 2. The van der Waals surface area contributed by atoms with Crippen LogP contribution in [-0.2, 0) is 17.9 Å². The van der Waals surface area contributed by atoms with Crippen molar-refractivity contribution in [1.29, 1.82) is 0 Å². The Morgan fingerprint density at radius 2 is 1.85 bits per heavy atom. The molecule has 0 saturated carbocycles. The van der Waals surface area contributed by atoms with Gasteiger partial charge in [-0.1, -0.05) is 41.9 Å². The van der Waals surface area contributed by atoms with Crippen LogP contribution in [-0.4, -0.2) is 13.0 Å². The third-order valence-corrected chi connectivity index (χ3v) is 3.29. The Morgan fingerprint density at radius 3 is 2.50 bits per heavy atom. The minimum atomic E-state index is -0.117. The standard InChI is InChI=1S/C16H16ClNO2/c1-20-11-12-6-8-13(9-7-12)16(19)18-10-14-4-2-3-5-15(14)17/h2-9H,10-11H2,1H3,(H,18,19). The average Bonchev–Trinajstić information content (AvgIpc) is 2.47. The van der Waals surface area contributed by atoms with Crippen LogP contribution in [0.4, 0.5) is 0 Å². The van der Waals surface area contributed by atoms with Crippen LogP contribution in [0.1, 0.15) is 21.5 Å². The number of methoxy groups -OCH3 is 1. The third-order valence-electron chi connectivity index (χ3n) is 2.92. The van der Waals surface area contributed by atoms with E-state index in [9.17, 15) is 4.79 Å². The lowest BCUT2D eigenvalue weighted by atomic mass is 10.1. The predicted molar refractivity (Wildman–Crippen MR) is 79.8 cm³/mol. The van der Waals surface area contributed by atoms with Crippen LogP contribution in [0.15, 0.2) is 48.5 Å². The summed E-state index contributed by atoms with van der Waals surface area (Å²) in [6, 6.07) is 14.8. The molecule has 0 radical (unpaired) electrons. The van der Waals surface area contributed by atoms with Gasteiger partial charge in [0.25, 0.3) is 5.91 Å². The first-order valence-corrected chi connectivity index (χ1v) is 6.68. The molecule has 2 aromatic carbocycles. The van der Waals surface area contributed by atoms with Crippen molar-refractivity contribution in [2.75, 3.05) is 7.11 Å². The fraction of sp³-hybridized carbons (Fsp3) is 0.188. The van der Waals surface area contributed by atoms with Crippen LogP contribution >= 0.6 is 11.6 Å². The number of amides is 1. The van der Waals surface area contributed by atoms with E-state index in [1.165, 1.54) is 0 Å². The van der Waals surface area contributed by atoms with E-state index in [1.807, 2.05) is 36.4 Å². The van der Waals surface area contributed by atoms with Crippen LogP contribution in [0.2, 0.25) is 5.02 Å². The van der Waals surface area contributed by atoms with Crippen LogP contribution in [0.5, 0.6) is 0 Å². The van der Waals surface area contributed by atoms with Gasteiger partial charge in [0.05, 0.1) is 6.61 Å². The summed E-state index contributed by atoms with van der Waals surface area (Å²) < 4.78 is 5.03. The molecule has 1 amide bonds. The third kappa shape index (κ3) is 3.83. The zero-order valence-electron chi connectivity index (χ0n) is 11.2. The molecule has 0 unspecified atom stereocenters. The highest BCUT2D eigenvalue weighted by atomic mass is 35.5. The summed E-state index contributed by atoms with van der Waals surface area (Å²) in [5.74, 6) is -0.117. The SMILES string of the molecule is COCc1ccc(C(=O)NCc2ccccc2Cl)cc1. The summed E-state index contributed by atoms with van der Waals surface area (Å²) in [7, 11) is 1.64. The molecule has 0 spiro atoms. The van der Waals surface area contributed by atoms with E-state index in [4.69, 9.17) is 16.3 Å². The maximum absolute atomic E-state index is 12.0. The molecule has 104 valence electrons. The number of ether oxygens (including phenoxy) is 1. The fourth-order valence-electron chi connectivity index (χ4n) is 1.84. The first-order chi connectivity index (χ1) is 9.70. The predicted octanol–water partition coefficient (Wildman–Crippen LogP) is 3.42. The number of hydrogen-bond donors (Lipinski definition) is 1. The molecular weight excluding hydrogens is 274 g/mol. The van der Waals surface area contributed by atoms with E-state index in [0.29, 0.717) is 23.7 Å². The van der Waals surface area contributed by atoms with E-state index in [-0.39, 0.29) is 5.91 Å². The maximum Gasteiger partial charge on any atom is 0.251 e. The lowest BCUT2D eigenvalue weighted by Crippen LogP contribution is -2.22. The molecule has 4 heteroatoms. The molecule has 3 nitrogen and oxygen atoms in total. The lowest BCUT2D eigenvalue weighted by Gasteiger charge is -2.07. The molecule has 20 heavy (non-hydrogen) atoms. The van der Waals surface area contributed by atoms with E-state index in [2.05, 4.69) is 5.32 Å². The number of halogens is 1. The lowest BCUT2D eigenvalue weighted by molar-refractivity contribution is 0.0951. The van der Waals surface area contributed by atoms with Gasteiger partial charge in [0.1, 0.15) is 0 Å². The second-order valence-corrected chi connectivity index (χ2v) is 4.81. The highest BCUT2D eigenvalue weighted by Gasteiger charge is 2.06. The minimum Gasteiger partial charge on any atom is -0.380 e. The van der Waals surface area contributed by atoms with Crippen LogP contribution < -0.4 is 5.32 Å². The van der Waals surface area contributed by atoms with Gasteiger partial charge in [0.2, 0.25) is 0 Å². The van der Waals surface area contributed by atoms with Crippen LogP contribution in [0.3, 0.4) is 0 Å². The summed E-state index contributed by atoms with van der Waals surface area (Å²) in [5, 5.41) is 3.51. The summed E-state index contributed by atoms with van der Waals surface area (Å²) in [4.78, 5) is 12.0. The number of rotatable bonds is 5. The van der Waals surface area contributed by atoms with Gasteiger partial charge in [-0.3, -0.25) is 4.79 Å². The van der Waals surface area contributed by atoms with Gasteiger partial charge >= 0.3 is 0 Å². The molecule has 0 aliphatic carbocycles. The van der Waals surface area contributed by atoms with E-state index in [1.54, 1.807) is 19.2 Å². The quantitative estimate of drug-likeness (QED) is 0.916.